The lowest BCUT2D eigenvalue weighted by Crippen LogP contribution is -2.17. The number of nitrogens with one attached hydrogen (secondary N) is 1. The minimum atomic E-state index is -0.484. The number of fused-ring (bicyclic) bond motifs is 3. The van der Waals surface area contributed by atoms with Gasteiger partial charge >= 0.3 is 5.63 Å². The lowest BCUT2D eigenvalue weighted by molar-refractivity contribution is 0.101. The quantitative estimate of drug-likeness (QED) is 0.472. The molecule has 4 rings (SSSR count). The Morgan fingerprint density at radius 2 is 1.68 bits per heavy atom. The van der Waals surface area contributed by atoms with Crippen molar-refractivity contribution in [1.29, 1.82) is 0 Å². The van der Waals surface area contributed by atoms with Crippen LogP contribution in [0.4, 0.5) is 5.69 Å². The molecule has 2 aromatic carbocycles. The normalized spacial score (nSPS) is 11.0. The van der Waals surface area contributed by atoms with Gasteiger partial charge in [0.25, 0.3) is 5.91 Å². The highest BCUT2D eigenvalue weighted by Gasteiger charge is 2.21. The largest absolute Gasteiger partial charge is 0.493 e. The molecule has 0 unspecified atom stereocenters. The number of rotatable bonds is 6. The van der Waals surface area contributed by atoms with Gasteiger partial charge in [-0.3, -0.25) is 4.79 Å². The second kappa shape index (κ2) is 8.06. The van der Waals surface area contributed by atoms with Crippen LogP contribution in [0.3, 0.4) is 0 Å². The first-order valence-electron chi connectivity index (χ1n) is 9.68. The van der Waals surface area contributed by atoms with Crippen LogP contribution in [0, 0.1) is 0 Å². The molecule has 31 heavy (non-hydrogen) atoms. The van der Waals surface area contributed by atoms with E-state index in [1.807, 2.05) is 23.6 Å². The van der Waals surface area contributed by atoms with Crippen molar-refractivity contribution in [2.45, 2.75) is 13.5 Å². The Balaban J connectivity index is 1.83. The molecule has 0 aliphatic heterocycles. The van der Waals surface area contributed by atoms with Gasteiger partial charge in [0, 0.05) is 29.8 Å². The van der Waals surface area contributed by atoms with Crippen LogP contribution in [-0.4, -0.2) is 31.8 Å². The van der Waals surface area contributed by atoms with Gasteiger partial charge in [0.05, 0.1) is 32.2 Å². The summed E-state index contributed by atoms with van der Waals surface area (Å²) in [4.78, 5) is 25.7. The first-order valence-corrected chi connectivity index (χ1v) is 9.68. The number of carbonyl (C=O) groups excluding carboxylic acids is 1. The number of aryl methyl sites for hydroxylation is 1. The summed E-state index contributed by atoms with van der Waals surface area (Å²) < 4.78 is 23.2. The zero-order valence-corrected chi connectivity index (χ0v) is 17.6. The molecule has 2 aromatic heterocycles. The molecule has 0 aliphatic carbocycles. The molecule has 0 radical (unpaired) electrons. The van der Waals surface area contributed by atoms with E-state index < -0.39 is 5.63 Å². The lowest BCUT2D eigenvalue weighted by atomic mass is 10.2. The molecule has 0 atom stereocenters. The molecule has 8 nitrogen and oxygen atoms in total. The molecule has 4 aromatic rings. The van der Waals surface area contributed by atoms with Gasteiger partial charge in [-0.25, -0.2) is 4.79 Å². The fraction of sp³-hybridized carbons (Fsp3) is 0.217. The smallest absolute Gasteiger partial charge is 0.345 e. The van der Waals surface area contributed by atoms with Crippen LogP contribution in [0.15, 0.2) is 51.7 Å². The number of aromatic nitrogens is 1. The molecular formula is C23H22N2O6. The lowest BCUT2D eigenvalue weighted by Gasteiger charge is -2.15. The molecule has 1 N–H and O–H groups in total. The molecule has 8 heteroatoms. The molecule has 160 valence electrons. The summed E-state index contributed by atoms with van der Waals surface area (Å²) in [6, 6.07) is 12.1. The van der Waals surface area contributed by atoms with E-state index in [2.05, 4.69) is 5.32 Å². The molecule has 1 amide bonds. The predicted octanol–water partition coefficient (Wildman–Crippen LogP) is 4.05. The number of anilines is 1. The van der Waals surface area contributed by atoms with E-state index in [9.17, 15) is 9.59 Å². The first-order chi connectivity index (χ1) is 15.0. The summed E-state index contributed by atoms with van der Waals surface area (Å²) in [5.41, 5.74) is 1.47. The average Bonchev–Trinajstić information content (AvgIpc) is 3.19. The van der Waals surface area contributed by atoms with Crippen molar-refractivity contribution in [1.82, 2.24) is 4.57 Å². The van der Waals surface area contributed by atoms with Crippen molar-refractivity contribution in [2.24, 2.45) is 0 Å². The minimum absolute atomic E-state index is 0.343. The molecule has 0 fully saturated rings. The Morgan fingerprint density at radius 3 is 2.29 bits per heavy atom. The van der Waals surface area contributed by atoms with E-state index in [0.29, 0.717) is 51.7 Å². The molecule has 0 aliphatic rings. The third-order valence-electron chi connectivity index (χ3n) is 5.13. The van der Waals surface area contributed by atoms with E-state index in [-0.39, 0.29) is 5.91 Å². The second-order valence-corrected chi connectivity index (χ2v) is 6.79. The van der Waals surface area contributed by atoms with Gasteiger partial charge in [-0.15, -0.1) is 0 Å². The van der Waals surface area contributed by atoms with Gasteiger partial charge in [0.2, 0.25) is 5.75 Å². The number of amides is 1. The van der Waals surface area contributed by atoms with Crippen molar-refractivity contribution in [3.63, 3.8) is 0 Å². The van der Waals surface area contributed by atoms with Crippen molar-refractivity contribution < 1.29 is 23.4 Å². The summed E-state index contributed by atoms with van der Waals surface area (Å²) >= 11 is 0. The molecular weight excluding hydrogens is 400 g/mol. The summed E-state index contributed by atoms with van der Waals surface area (Å²) in [5.74, 6) is 0.880. The number of benzene rings is 2. The van der Waals surface area contributed by atoms with Crippen molar-refractivity contribution in [2.75, 3.05) is 26.6 Å². The van der Waals surface area contributed by atoms with Crippen LogP contribution in [0.25, 0.3) is 21.9 Å². The standard InChI is InChI=1S/C23H22N2O6/c1-5-25-16(12-15-20(25)14-8-6-7-9-17(14)31-23(15)27)22(26)24-13-10-18(28-2)21(30-4)19(11-13)29-3/h6-12H,5H2,1-4H3,(H,24,26). The van der Waals surface area contributed by atoms with Crippen LogP contribution < -0.4 is 25.2 Å². The Bertz CT molecular complexity index is 1330. The number of ether oxygens (including phenoxy) is 3. The van der Waals surface area contributed by atoms with Crippen LogP contribution >= 0.6 is 0 Å². The third-order valence-corrected chi connectivity index (χ3v) is 5.13. The van der Waals surface area contributed by atoms with E-state index in [0.717, 1.165) is 5.39 Å². The van der Waals surface area contributed by atoms with Crippen molar-refractivity contribution in [3.8, 4) is 17.2 Å². The Hall–Kier alpha value is -3.94. The molecule has 0 saturated carbocycles. The monoisotopic (exact) mass is 422 g/mol. The second-order valence-electron chi connectivity index (χ2n) is 6.79. The molecule has 2 heterocycles. The molecule has 0 saturated heterocycles. The first kappa shape index (κ1) is 20.3. The number of para-hydroxylation sites is 1. The maximum Gasteiger partial charge on any atom is 0.345 e. The van der Waals surface area contributed by atoms with E-state index >= 15 is 0 Å². The average molecular weight is 422 g/mol. The highest BCUT2D eigenvalue weighted by Crippen LogP contribution is 2.40. The topological polar surface area (TPSA) is 91.9 Å². The maximum absolute atomic E-state index is 13.2. The summed E-state index contributed by atoms with van der Waals surface area (Å²) in [7, 11) is 4.51. The van der Waals surface area contributed by atoms with Gasteiger partial charge in [-0.1, -0.05) is 12.1 Å². The third kappa shape index (κ3) is 3.35. The van der Waals surface area contributed by atoms with Gasteiger partial charge in [0.15, 0.2) is 11.5 Å². The van der Waals surface area contributed by atoms with E-state index in [1.54, 1.807) is 30.3 Å². The molecule has 0 bridgehead atoms. The fourth-order valence-corrected chi connectivity index (χ4v) is 3.77. The van der Waals surface area contributed by atoms with Gasteiger partial charge < -0.3 is 28.5 Å². The van der Waals surface area contributed by atoms with Crippen molar-refractivity contribution in [3.05, 3.63) is 58.6 Å². The Morgan fingerprint density at radius 1 is 1.00 bits per heavy atom. The summed E-state index contributed by atoms with van der Waals surface area (Å²) in [6.45, 7) is 2.41. The van der Waals surface area contributed by atoms with Crippen LogP contribution in [0.5, 0.6) is 17.2 Å². The van der Waals surface area contributed by atoms with Crippen LogP contribution in [-0.2, 0) is 6.54 Å². The molecule has 0 spiro atoms. The SMILES string of the molecule is CCn1c(C(=O)Nc2cc(OC)c(OC)c(OC)c2)cc2c(=O)oc3ccccc3c21. The Labute approximate surface area is 177 Å². The summed E-state index contributed by atoms with van der Waals surface area (Å²) in [6.07, 6.45) is 0. The maximum atomic E-state index is 13.2. The zero-order valence-electron chi connectivity index (χ0n) is 17.6. The number of nitrogens with zero attached hydrogens (tertiary/aromatic N) is 1. The van der Waals surface area contributed by atoms with E-state index in [1.165, 1.54) is 21.3 Å². The Kier molecular flexibility index (Phi) is 5.29. The summed E-state index contributed by atoms with van der Waals surface area (Å²) in [5, 5.41) is 3.98. The number of hydrogen-bond donors (Lipinski definition) is 1. The number of methoxy groups -OCH3 is 3. The fourth-order valence-electron chi connectivity index (χ4n) is 3.77. The van der Waals surface area contributed by atoms with E-state index in [4.69, 9.17) is 18.6 Å². The zero-order chi connectivity index (χ0) is 22.1. The highest BCUT2D eigenvalue weighted by molar-refractivity contribution is 6.10. The van der Waals surface area contributed by atoms with Crippen LogP contribution in [0.2, 0.25) is 0 Å². The van der Waals surface area contributed by atoms with Gasteiger partial charge in [0.1, 0.15) is 11.3 Å². The van der Waals surface area contributed by atoms with Gasteiger partial charge in [-0.2, -0.15) is 0 Å². The number of hydrogen-bond acceptors (Lipinski definition) is 6. The van der Waals surface area contributed by atoms with Gasteiger partial charge in [-0.05, 0) is 25.1 Å². The minimum Gasteiger partial charge on any atom is -0.493 e. The van der Waals surface area contributed by atoms with Crippen LogP contribution in [0.1, 0.15) is 17.4 Å². The highest BCUT2D eigenvalue weighted by atomic mass is 16.5. The van der Waals surface area contributed by atoms with Crippen molar-refractivity contribution >= 4 is 33.5 Å². The number of carbonyl (C=O) groups is 1. The predicted molar refractivity (Wildman–Crippen MR) is 118 cm³/mol.